The van der Waals surface area contributed by atoms with Gasteiger partial charge in [0, 0.05) is 26.1 Å². The minimum atomic E-state index is -0.0274. The van der Waals surface area contributed by atoms with Crippen molar-refractivity contribution in [2.24, 2.45) is 0 Å². The number of carbonyl (C=O) groups excluding carboxylic acids is 2. The summed E-state index contributed by atoms with van der Waals surface area (Å²) in [6.45, 7) is 3.05. The van der Waals surface area contributed by atoms with Crippen LogP contribution in [0.4, 0.5) is 0 Å². The van der Waals surface area contributed by atoms with Crippen LogP contribution in [-0.2, 0) is 22.7 Å². The van der Waals surface area contributed by atoms with Gasteiger partial charge >= 0.3 is 0 Å². The Hall–Kier alpha value is -1.88. The molecule has 118 valence electrons. The van der Waals surface area contributed by atoms with E-state index in [0.29, 0.717) is 19.5 Å². The van der Waals surface area contributed by atoms with Crippen LogP contribution in [0.5, 0.6) is 0 Å². The standard InChI is InChI=1S/C17H23N3O2/c21-16-4-2-10-20(16)12-14-7-5-13(6-8-14)11-19-17(22)15-3-1-9-18-15/h5-8,15,18H,1-4,9-12H2,(H,19,22). The van der Waals surface area contributed by atoms with Crippen molar-refractivity contribution in [2.45, 2.75) is 44.8 Å². The van der Waals surface area contributed by atoms with Gasteiger partial charge in [0.25, 0.3) is 0 Å². The van der Waals surface area contributed by atoms with Gasteiger partial charge in [-0.1, -0.05) is 24.3 Å². The van der Waals surface area contributed by atoms with Crippen molar-refractivity contribution < 1.29 is 9.59 Å². The predicted octanol–water partition coefficient (Wildman–Crippen LogP) is 1.18. The third-order valence-electron chi connectivity index (χ3n) is 4.41. The maximum Gasteiger partial charge on any atom is 0.237 e. The largest absolute Gasteiger partial charge is 0.351 e. The molecule has 0 saturated carbocycles. The van der Waals surface area contributed by atoms with Gasteiger partial charge in [0.1, 0.15) is 0 Å². The minimum Gasteiger partial charge on any atom is -0.351 e. The average Bonchev–Trinajstić information content (AvgIpc) is 3.19. The number of hydrogen-bond donors (Lipinski definition) is 2. The van der Waals surface area contributed by atoms with Gasteiger partial charge in [0.2, 0.25) is 11.8 Å². The second-order valence-electron chi connectivity index (χ2n) is 6.10. The van der Waals surface area contributed by atoms with Crippen molar-refractivity contribution in [1.82, 2.24) is 15.5 Å². The summed E-state index contributed by atoms with van der Waals surface area (Å²) >= 11 is 0. The van der Waals surface area contributed by atoms with Gasteiger partial charge in [-0.05, 0) is 36.9 Å². The number of benzene rings is 1. The second-order valence-corrected chi connectivity index (χ2v) is 6.10. The van der Waals surface area contributed by atoms with E-state index in [1.165, 1.54) is 0 Å². The molecular formula is C17H23N3O2. The zero-order chi connectivity index (χ0) is 15.4. The molecule has 1 aromatic carbocycles. The Labute approximate surface area is 131 Å². The van der Waals surface area contributed by atoms with Crippen molar-refractivity contribution in [1.29, 1.82) is 0 Å². The van der Waals surface area contributed by atoms with Crippen LogP contribution in [0, 0.1) is 0 Å². The molecular weight excluding hydrogens is 278 g/mol. The third-order valence-corrected chi connectivity index (χ3v) is 4.41. The fraction of sp³-hybridized carbons (Fsp3) is 0.529. The van der Waals surface area contributed by atoms with E-state index < -0.39 is 0 Å². The summed E-state index contributed by atoms with van der Waals surface area (Å²) in [5.74, 6) is 0.338. The number of hydrogen-bond acceptors (Lipinski definition) is 3. The average molecular weight is 301 g/mol. The zero-order valence-corrected chi connectivity index (χ0v) is 12.8. The van der Waals surface area contributed by atoms with Crippen LogP contribution in [0.15, 0.2) is 24.3 Å². The maximum atomic E-state index is 11.9. The molecule has 1 aromatic rings. The highest BCUT2D eigenvalue weighted by Gasteiger charge is 2.21. The Morgan fingerprint density at radius 1 is 1.23 bits per heavy atom. The first kappa shape index (κ1) is 15.0. The number of likely N-dealkylation sites (tertiary alicyclic amines) is 1. The number of rotatable bonds is 5. The molecule has 2 N–H and O–H groups in total. The van der Waals surface area contributed by atoms with Crippen molar-refractivity contribution >= 4 is 11.8 Å². The number of amides is 2. The van der Waals surface area contributed by atoms with Gasteiger partial charge in [-0.25, -0.2) is 0 Å². The van der Waals surface area contributed by atoms with Crippen LogP contribution in [0.2, 0.25) is 0 Å². The molecule has 1 atom stereocenters. The predicted molar refractivity (Wildman–Crippen MR) is 84.0 cm³/mol. The molecule has 0 radical (unpaired) electrons. The Balaban J connectivity index is 1.48. The van der Waals surface area contributed by atoms with Crippen LogP contribution < -0.4 is 10.6 Å². The van der Waals surface area contributed by atoms with Crippen molar-refractivity contribution in [2.75, 3.05) is 13.1 Å². The quantitative estimate of drug-likeness (QED) is 0.858. The van der Waals surface area contributed by atoms with Gasteiger partial charge in [-0.3, -0.25) is 9.59 Å². The van der Waals surface area contributed by atoms with E-state index >= 15 is 0 Å². The molecule has 22 heavy (non-hydrogen) atoms. The summed E-state index contributed by atoms with van der Waals surface area (Å²) in [6.07, 6.45) is 3.65. The molecule has 5 heteroatoms. The van der Waals surface area contributed by atoms with Gasteiger partial charge in [-0.15, -0.1) is 0 Å². The van der Waals surface area contributed by atoms with E-state index in [2.05, 4.69) is 10.6 Å². The molecule has 0 aliphatic carbocycles. The van der Waals surface area contributed by atoms with E-state index in [4.69, 9.17) is 0 Å². The van der Waals surface area contributed by atoms with Gasteiger partial charge in [0.15, 0.2) is 0 Å². The van der Waals surface area contributed by atoms with Crippen LogP contribution in [0.3, 0.4) is 0 Å². The monoisotopic (exact) mass is 301 g/mol. The summed E-state index contributed by atoms with van der Waals surface area (Å²) in [5.41, 5.74) is 2.23. The first-order valence-electron chi connectivity index (χ1n) is 8.09. The molecule has 5 nitrogen and oxygen atoms in total. The van der Waals surface area contributed by atoms with E-state index in [1.54, 1.807) is 0 Å². The molecule has 2 fully saturated rings. The van der Waals surface area contributed by atoms with E-state index in [0.717, 1.165) is 43.5 Å². The lowest BCUT2D eigenvalue weighted by molar-refractivity contribution is -0.128. The molecule has 2 aliphatic heterocycles. The molecule has 2 aliphatic rings. The highest BCUT2D eigenvalue weighted by Crippen LogP contribution is 2.15. The number of carbonyl (C=O) groups is 2. The highest BCUT2D eigenvalue weighted by molar-refractivity contribution is 5.82. The van der Waals surface area contributed by atoms with Gasteiger partial charge < -0.3 is 15.5 Å². The lowest BCUT2D eigenvalue weighted by Gasteiger charge is -2.16. The first-order valence-corrected chi connectivity index (χ1v) is 8.09. The Morgan fingerprint density at radius 3 is 2.64 bits per heavy atom. The van der Waals surface area contributed by atoms with Crippen LogP contribution in [0.25, 0.3) is 0 Å². The van der Waals surface area contributed by atoms with E-state index in [1.807, 2.05) is 29.2 Å². The van der Waals surface area contributed by atoms with Crippen molar-refractivity contribution in [3.8, 4) is 0 Å². The van der Waals surface area contributed by atoms with Crippen LogP contribution in [-0.4, -0.2) is 35.8 Å². The Bertz CT molecular complexity index is 535. The van der Waals surface area contributed by atoms with E-state index in [9.17, 15) is 9.59 Å². The van der Waals surface area contributed by atoms with Crippen LogP contribution in [0.1, 0.15) is 36.8 Å². The maximum absolute atomic E-state index is 11.9. The van der Waals surface area contributed by atoms with E-state index in [-0.39, 0.29) is 17.9 Å². The Kier molecular flexibility index (Phi) is 4.73. The third kappa shape index (κ3) is 3.65. The second kappa shape index (κ2) is 6.92. The molecule has 0 aromatic heterocycles. The number of nitrogens with zero attached hydrogens (tertiary/aromatic N) is 1. The lowest BCUT2D eigenvalue weighted by Crippen LogP contribution is -2.39. The Morgan fingerprint density at radius 2 is 2.00 bits per heavy atom. The molecule has 2 saturated heterocycles. The summed E-state index contributed by atoms with van der Waals surface area (Å²) < 4.78 is 0. The number of nitrogens with one attached hydrogen (secondary N) is 2. The van der Waals surface area contributed by atoms with Gasteiger partial charge in [0.05, 0.1) is 6.04 Å². The first-order chi connectivity index (χ1) is 10.7. The summed E-state index contributed by atoms with van der Waals surface area (Å²) in [5, 5.41) is 6.17. The molecule has 2 amide bonds. The molecule has 3 rings (SSSR count). The van der Waals surface area contributed by atoms with Crippen molar-refractivity contribution in [3.05, 3.63) is 35.4 Å². The normalized spacial score (nSPS) is 21.4. The summed E-state index contributed by atoms with van der Waals surface area (Å²) in [4.78, 5) is 25.5. The fourth-order valence-electron chi connectivity index (χ4n) is 3.07. The molecule has 2 heterocycles. The highest BCUT2D eigenvalue weighted by atomic mass is 16.2. The molecule has 0 bridgehead atoms. The SMILES string of the molecule is O=C(NCc1ccc(CN2CCCC2=O)cc1)C1CCCN1. The zero-order valence-electron chi connectivity index (χ0n) is 12.8. The lowest BCUT2D eigenvalue weighted by atomic mass is 10.1. The van der Waals surface area contributed by atoms with Gasteiger partial charge in [-0.2, -0.15) is 0 Å². The van der Waals surface area contributed by atoms with Crippen LogP contribution >= 0.6 is 0 Å². The summed E-state index contributed by atoms with van der Waals surface area (Å²) in [7, 11) is 0. The fourth-order valence-corrected chi connectivity index (χ4v) is 3.07. The summed E-state index contributed by atoms with van der Waals surface area (Å²) in [6, 6.07) is 8.11. The van der Waals surface area contributed by atoms with Crippen molar-refractivity contribution in [3.63, 3.8) is 0 Å². The minimum absolute atomic E-state index is 0.0274. The smallest absolute Gasteiger partial charge is 0.237 e. The molecule has 1 unspecified atom stereocenters. The topological polar surface area (TPSA) is 61.4 Å². The molecule has 0 spiro atoms.